The van der Waals surface area contributed by atoms with Gasteiger partial charge in [-0.2, -0.15) is 0 Å². The summed E-state index contributed by atoms with van der Waals surface area (Å²) in [7, 11) is 0. The zero-order valence-electron chi connectivity index (χ0n) is 12.6. The van der Waals surface area contributed by atoms with E-state index in [1.807, 2.05) is 0 Å². The van der Waals surface area contributed by atoms with E-state index in [1.165, 1.54) is 12.4 Å². The summed E-state index contributed by atoms with van der Waals surface area (Å²) in [6, 6.07) is 5.62. The second-order valence-corrected chi connectivity index (χ2v) is 5.39. The van der Waals surface area contributed by atoms with Crippen LogP contribution in [0.5, 0.6) is 0 Å². The smallest absolute Gasteiger partial charge is 0.253 e. The number of halogens is 2. The van der Waals surface area contributed by atoms with Gasteiger partial charge in [0, 0.05) is 6.20 Å². The Labute approximate surface area is 135 Å². The maximum absolute atomic E-state index is 13.3. The number of carbonyl (C=O) groups excluding carboxylic acids is 1. The van der Waals surface area contributed by atoms with Crippen molar-refractivity contribution < 1.29 is 18.7 Å². The highest BCUT2D eigenvalue weighted by atomic mass is 19.2. The van der Waals surface area contributed by atoms with Gasteiger partial charge in [-0.1, -0.05) is 6.07 Å². The molecule has 2 unspecified atom stereocenters. The topological polar surface area (TPSA) is 79.5 Å². The van der Waals surface area contributed by atoms with Gasteiger partial charge in [-0.25, -0.2) is 8.78 Å². The van der Waals surface area contributed by atoms with Crippen LogP contribution in [0.1, 0.15) is 28.9 Å². The van der Waals surface area contributed by atoms with E-state index in [1.54, 1.807) is 29.7 Å². The number of nitrogens with one attached hydrogen (secondary N) is 1. The highest BCUT2D eigenvalue weighted by Gasteiger charge is 2.20. The molecule has 1 aromatic carbocycles. The summed E-state index contributed by atoms with van der Waals surface area (Å²) in [5, 5.41) is 20.4. The number of aliphatic hydroxyl groups excluding tert-OH is 1. The zero-order valence-corrected chi connectivity index (χ0v) is 12.6. The maximum atomic E-state index is 13.3. The van der Waals surface area contributed by atoms with Crippen molar-refractivity contribution in [3.63, 3.8) is 0 Å². The number of nitrogens with zero attached hydrogens (tertiary/aromatic N) is 3. The molecule has 0 spiro atoms. The van der Waals surface area contributed by atoms with E-state index < -0.39 is 29.7 Å². The fourth-order valence-corrected chi connectivity index (χ4v) is 2.32. The van der Waals surface area contributed by atoms with Crippen LogP contribution >= 0.6 is 0 Å². The first-order chi connectivity index (χ1) is 11.5. The zero-order chi connectivity index (χ0) is 17.3. The van der Waals surface area contributed by atoms with Crippen LogP contribution in [0.15, 0.2) is 42.9 Å². The monoisotopic (exact) mass is 332 g/mol. The number of pyridine rings is 1. The van der Waals surface area contributed by atoms with E-state index in [2.05, 4.69) is 15.5 Å². The van der Waals surface area contributed by atoms with Gasteiger partial charge in [0.2, 0.25) is 0 Å². The van der Waals surface area contributed by atoms with Gasteiger partial charge in [-0.15, -0.1) is 10.2 Å². The first-order valence-electron chi connectivity index (χ1n) is 7.19. The summed E-state index contributed by atoms with van der Waals surface area (Å²) < 4.78 is 27.8. The van der Waals surface area contributed by atoms with Gasteiger partial charge in [-0.3, -0.25) is 9.20 Å². The quantitative estimate of drug-likeness (QED) is 0.764. The molecule has 0 aliphatic rings. The standard InChI is InChI=1S/C16H14F2N4O2/c1-9(15(23)10-2-4-12(17)13(18)6-10)20-16(24)11-3-5-14-21-19-8-22(14)7-11/h2-9,15,23H,1H3,(H,20,24). The molecule has 6 nitrogen and oxygen atoms in total. The van der Waals surface area contributed by atoms with Gasteiger partial charge < -0.3 is 10.4 Å². The predicted octanol–water partition coefficient (Wildman–Crippen LogP) is 1.86. The molecule has 2 atom stereocenters. The third kappa shape index (κ3) is 3.09. The fourth-order valence-electron chi connectivity index (χ4n) is 2.32. The van der Waals surface area contributed by atoms with Crippen molar-refractivity contribution in [2.24, 2.45) is 0 Å². The van der Waals surface area contributed by atoms with Crippen LogP contribution in [0.2, 0.25) is 0 Å². The average Bonchev–Trinajstić information content (AvgIpc) is 3.04. The van der Waals surface area contributed by atoms with Gasteiger partial charge in [0.25, 0.3) is 5.91 Å². The summed E-state index contributed by atoms with van der Waals surface area (Å²) in [6.45, 7) is 1.57. The fraction of sp³-hybridized carbons (Fsp3) is 0.188. The molecule has 3 rings (SSSR count). The van der Waals surface area contributed by atoms with Gasteiger partial charge in [0.05, 0.1) is 17.7 Å². The van der Waals surface area contributed by atoms with Crippen LogP contribution in [0.25, 0.3) is 5.65 Å². The summed E-state index contributed by atoms with van der Waals surface area (Å²) in [4.78, 5) is 12.3. The van der Waals surface area contributed by atoms with Crippen LogP contribution in [0.4, 0.5) is 8.78 Å². The molecule has 0 saturated heterocycles. The van der Waals surface area contributed by atoms with Crippen molar-refractivity contribution >= 4 is 11.6 Å². The molecular formula is C16H14F2N4O2. The van der Waals surface area contributed by atoms with Crippen molar-refractivity contribution in [3.05, 3.63) is 65.6 Å². The normalized spacial score (nSPS) is 13.7. The third-order valence-electron chi connectivity index (χ3n) is 3.67. The van der Waals surface area contributed by atoms with Crippen LogP contribution in [0, 0.1) is 11.6 Å². The van der Waals surface area contributed by atoms with Crippen molar-refractivity contribution in [2.75, 3.05) is 0 Å². The predicted molar refractivity (Wildman–Crippen MR) is 81.2 cm³/mol. The van der Waals surface area contributed by atoms with E-state index in [9.17, 15) is 18.7 Å². The van der Waals surface area contributed by atoms with E-state index >= 15 is 0 Å². The molecule has 124 valence electrons. The van der Waals surface area contributed by atoms with Crippen molar-refractivity contribution in [1.82, 2.24) is 19.9 Å². The number of amides is 1. The lowest BCUT2D eigenvalue weighted by Gasteiger charge is -2.20. The minimum atomic E-state index is -1.18. The average molecular weight is 332 g/mol. The van der Waals surface area contributed by atoms with Gasteiger partial charge in [-0.05, 0) is 36.8 Å². The molecule has 2 heterocycles. The second-order valence-electron chi connectivity index (χ2n) is 5.39. The van der Waals surface area contributed by atoms with E-state index in [0.717, 1.165) is 12.1 Å². The minimum absolute atomic E-state index is 0.177. The molecule has 8 heteroatoms. The number of rotatable bonds is 4. The van der Waals surface area contributed by atoms with Crippen molar-refractivity contribution in [1.29, 1.82) is 0 Å². The number of hydrogen-bond acceptors (Lipinski definition) is 4. The Morgan fingerprint density at radius 2 is 2.04 bits per heavy atom. The number of benzene rings is 1. The molecule has 2 aromatic heterocycles. The molecule has 0 saturated carbocycles. The molecule has 3 aromatic rings. The number of aliphatic hydroxyl groups is 1. The van der Waals surface area contributed by atoms with Crippen LogP contribution < -0.4 is 5.32 Å². The van der Waals surface area contributed by atoms with Crippen LogP contribution in [-0.2, 0) is 0 Å². The Morgan fingerprint density at radius 1 is 1.25 bits per heavy atom. The number of fused-ring (bicyclic) bond motifs is 1. The third-order valence-corrected chi connectivity index (χ3v) is 3.67. The molecule has 0 fully saturated rings. The first kappa shape index (κ1) is 16.0. The van der Waals surface area contributed by atoms with Gasteiger partial charge >= 0.3 is 0 Å². The molecule has 2 N–H and O–H groups in total. The van der Waals surface area contributed by atoms with Crippen molar-refractivity contribution in [3.8, 4) is 0 Å². The lowest BCUT2D eigenvalue weighted by atomic mass is 10.0. The largest absolute Gasteiger partial charge is 0.386 e. The Kier molecular flexibility index (Phi) is 4.22. The Morgan fingerprint density at radius 3 is 2.79 bits per heavy atom. The van der Waals surface area contributed by atoms with Crippen LogP contribution in [0.3, 0.4) is 0 Å². The SMILES string of the molecule is CC(NC(=O)c1ccc2nncn2c1)C(O)c1ccc(F)c(F)c1. The van der Waals surface area contributed by atoms with Gasteiger partial charge in [0.15, 0.2) is 17.3 Å². The van der Waals surface area contributed by atoms with E-state index in [-0.39, 0.29) is 5.56 Å². The number of hydrogen-bond donors (Lipinski definition) is 2. The number of carbonyl (C=O) groups is 1. The molecule has 0 bridgehead atoms. The molecule has 24 heavy (non-hydrogen) atoms. The lowest BCUT2D eigenvalue weighted by molar-refractivity contribution is 0.0851. The van der Waals surface area contributed by atoms with Crippen LogP contribution in [-0.4, -0.2) is 31.7 Å². The molecule has 0 radical (unpaired) electrons. The lowest BCUT2D eigenvalue weighted by Crippen LogP contribution is -2.37. The Hall–Kier alpha value is -2.87. The summed E-state index contributed by atoms with van der Waals surface area (Å²) in [5.41, 5.74) is 1.13. The molecule has 1 amide bonds. The van der Waals surface area contributed by atoms with E-state index in [4.69, 9.17) is 0 Å². The minimum Gasteiger partial charge on any atom is -0.386 e. The molecule has 0 aliphatic heterocycles. The second kappa shape index (κ2) is 6.32. The summed E-state index contributed by atoms with van der Waals surface area (Å²) in [6.07, 6.45) is 1.84. The van der Waals surface area contributed by atoms with Crippen molar-refractivity contribution in [2.45, 2.75) is 19.1 Å². The highest BCUT2D eigenvalue weighted by molar-refractivity contribution is 5.94. The molecular weight excluding hydrogens is 318 g/mol. The summed E-state index contributed by atoms with van der Waals surface area (Å²) in [5.74, 6) is -2.47. The number of aromatic nitrogens is 3. The maximum Gasteiger partial charge on any atom is 0.253 e. The highest BCUT2D eigenvalue weighted by Crippen LogP contribution is 2.19. The molecule has 0 aliphatic carbocycles. The Balaban J connectivity index is 1.73. The van der Waals surface area contributed by atoms with Gasteiger partial charge in [0.1, 0.15) is 6.33 Å². The Bertz CT molecular complexity index is 897. The summed E-state index contributed by atoms with van der Waals surface area (Å²) >= 11 is 0. The van der Waals surface area contributed by atoms with E-state index in [0.29, 0.717) is 11.2 Å². The first-order valence-corrected chi connectivity index (χ1v) is 7.19.